The molecule has 2 aliphatic rings. The van der Waals surface area contributed by atoms with Gasteiger partial charge in [0.05, 0.1) is 12.0 Å². The lowest BCUT2D eigenvalue weighted by Gasteiger charge is -2.42. The molecular weight excluding hydrogens is 324 g/mol. The zero-order valence-corrected chi connectivity index (χ0v) is 14.1. The molecule has 3 rings (SSSR count). The number of hydrogen-bond acceptors (Lipinski definition) is 4. The average molecular weight is 344 g/mol. The summed E-state index contributed by atoms with van der Waals surface area (Å²) in [5.74, 6) is 0.223. The molecule has 0 bridgehead atoms. The summed E-state index contributed by atoms with van der Waals surface area (Å²) in [6, 6.07) is 9.90. The van der Waals surface area contributed by atoms with Gasteiger partial charge < -0.3 is 0 Å². The van der Waals surface area contributed by atoms with Crippen molar-refractivity contribution in [2.75, 3.05) is 38.2 Å². The van der Waals surface area contributed by atoms with E-state index in [1.54, 1.807) is 0 Å². The summed E-state index contributed by atoms with van der Waals surface area (Å²) in [6.45, 7) is 1.67. The van der Waals surface area contributed by atoms with Gasteiger partial charge in [0, 0.05) is 38.0 Å². The first-order valence-corrected chi connectivity index (χ1v) is 10.7. The van der Waals surface area contributed by atoms with Crippen molar-refractivity contribution in [1.29, 1.82) is 0 Å². The van der Waals surface area contributed by atoms with Gasteiger partial charge in [0.1, 0.15) is 0 Å². The smallest absolute Gasteiger partial charge is 0.213 e. The monoisotopic (exact) mass is 344 g/mol. The molecule has 1 aromatic carbocycles. The molecule has 2 fully saturated rings. The summed E-state index contributed by atoms with van der Waals surface area (Å²) in [5, 5.41) is 0. The SMILES string of the molecule is CS(=O)(=O)N1CC(CS(=O)(=O)N2CC(c3ccccc3)C2)C1. The van der Waals surface area contributed by atoms with E-state index in [9.17, 15) is 16.8 Å². The van der Waals surface area contributed by atoms with Crippen LogP contribution in [-0.2, 0) is 20.0 Å². The Morgan fingerprint density at radius 1 is 0.955 bits per heavy atom. The standard InChI is InChI=1S/C14H20N2O4S2/c1-21(17,18)15-7-12(8-15)11-22(19,20)16-9-14(10-16)13-5-3-2-4-6-13/h2-6,12,14H,7-11H2,1H3. The van der Waals surface area contributed by atoms with E-state index in [2.05, 4.69) is 0 Å². The van der Waals surface area contributed by atoms with Crippen LogP contribution in [0.4, 0.5) is 0 Å². The molecule has 0 atom stereocenters. The quantitative estimate of drug-likeness (QED) is 0.770. The molecule has 0 spiro atoms. The van der Waals surface area contributed by atoms with Crippen molar-refractivity contribution in [3.05, 3.63) is 35.9 Å². The molecule has 1 aromatic rings. The van der Waals surface area contributed by atoms with Crippen molar-refractivity contribution in [2.45, 2.75) is 5.92 Å². The highest BCUT2D eigenvalue weighted by Gasteiger charge is 2.41. The van der Waals surface area contributed by atoms with Crippen LogP contribution in [0.25, 0.3) is 0 Å². The van der Waals surface area contributed by atoms with E-state index in [-0.39, 0.29) is 17.6 Å². The molecule has 2 saturated heterocycles. The van der Waals surface area contributed by atoms with Crippen LogP contribution < -0.4 is 0 Å². The van der Waals surface area contributed by atoms with Gasteiger partial charge in [-0.2, -0.15) is 0 Å². The second-order valence-electron chi connectivity index (χ2n) is 6.15. The summed E-state index contributed by atoms with van der Waals surface area (Å²) in [6.07, 6.45) is 1.15. The van der Waals surface area contributed by atoms with Gasteiger partial charge in [0.15, 0.2) is 0 Å². The van der Waals surface area contributed by atoms with E-state index >= 15 is 0 Å². The minimum atomic E-state index is -3.28. The number of nitrogens with zero attached hydrogens (tertiary/aromatic N) is 2. The van der Waals surface area contributed by atoms with E-state index < -0.39 is 20.0 Å². The normalized spacial score (nSPS) is 22.2. The Hall–Kier alpha value is -0.960. The first kappa shape index (κ1) is 15.9. The fourth-order valence-electron chi connectivity index (χ4n) is 2.90. The van der Waals surface area contributed by atoms with Gasteiger partial charge in [0.25, 0.3) is 0 Å². The van der Waals surface area contributed by atoms with Crippen LogP contribution in [0.5, 0.6) is 0 Å². The number of hydrogen-bond donors (Lipinski definition) is 0. The Morgan fingerprint density at radius 3 is 2.09 bits per heavy atom. The van der Waals surface area contributed by atoms with E-state index in [1.807, 2.05) is 30.3 Å². The summed E-state index contributed by atoms with van der Waals surface area (Å²) >= 11 is 0. The van der Waals surface area contributed by atoms with E-state index in [0.717, 1.165) is 6.26 Å². The van der Waals surface area contributed by atoms with Gasteiger partial charge in [-0.05, 0) is 5.56 Å². The van der Waals surface area contributed by atoms with E-state index in [0.29, 0.717) is 26.2 Å². The lowest BCUT2D eigenvalue weighted by Crippen LogP contribution is -2.55. The lowest BCUT2D eigenvalue weighted by atomic mass is 9.94. The molecule has 6 nitrogen and oxygen atoms in total. The topological polar surface area (TPSA) is 74.8 Å². The van der Waals surface area contributed by atoms with Crippen molar-refractivity contribution in [1.82, 2.24) is 8.61 Å². The molecule has 0 aromatic heterocycles. The van der Waals surface area contributed by atoms with Crippen LogP contribution in [0.1, 0.15) is 11.5 Å². The minimum absolute atomic E-state index is 0.0422. The predicted octanol–water partition coefficient (Wildman–Crippen LogP) is 0.307. The Morgan fingerprint density at radius 2 is 1.55 bits per heavy atom. The van der Waals surface area contributed by atoms with Gasteiger partial charge in [-0.3, -0.25) is 0 Å². The maximum absolute atomic E-state index is 12.3. The molecule has 2 heterocycles. The van der Waals surface area contributed by atoms with Crippen LogP contribution in [0, 0.1) is 5.92 Å². The van der Waals surface area contributed by atoms with Crippen molar-refractivity contribution in [2.24, 2.45) is 5.92 Å². The van der Waals surface area contributed by atoms with Crippen molar-refractivity contribution in [3.63, 3.8) is 0 Å². The van der Waals surface area contributed by atoms with E-state index in [4.69, 9.17) is 0 Å². The van der Waals surface area contributed by atoms with Crippen LogP contribution in [-0.4, -0.2) is 63.6 Å². The fourth-order valence-corrected chi connectivity index (χ4v) is 5.70. The van der Waals surface area contributed by atoms with Gasteiger partial charge in [-0.25, -0.2) is 25.4 Å². The molecule has 0 amide bonds. The number of sulfonamides is 2. The van der Waals surface area contributed by atoms with E-state index in [1.165, 1.54) is 14.2 Å². The molecule has 0 unspecified atom stereocenters. The Balaban J connectivity index is 1.52. The highest BCUT2D eigenvalue weighted by Crippen LogP contribution is 2.31. The molecule has 0 N–H and O–H groups in total. The number of benzene rings is 1. The second-order valence-corrected chi connectivity index (χ2v) is 10.1. The molecule has 0 aliphatic carbocycles. The van der Waals surface area contributed by atoms with Crippen LogP contribution in [0.2, 0.25) is 0 Å². The largest absolute Gasteiger partial charge is 0.214 e. The lowest BCUT2D eigenvalue weighted by molar-refractivity contribution is 0.212. The van der Waals surface area contributed by atoms with Crippen LogP contribution in [0.15, 0.2) is 30.3 Å². The fraction of sp³-hybridized carbons (Fsp3) is 0.571. The Labute approximate surface area is 131 Å². The van der Waals surface area contributed by atoms with Gasteiger partial charge >= 0.3 is 0 Å². The molecular formula is C14H20N2O4S2. The first-order valence-electron chi connectivity index (χ1n) is 7.23. The van der Waals surface area contributed by atoms with Gasteiger partial charge in [-0.15, -0.1) is 0 Å². The van der Waals surface area contributed by atoms with Crippen molar-refractivity contribution < 1.29 is 16.8 Å². The molecule has 122 valence electrons. The van der Waals surface area contributed by atoms with Crippen molar-refractivity contribution >= 4 is 20.0 Å². The highest BCUT2D eigenvalue weighted by atomic mass is 32.2. The summed E-state index contributed by atoms with van der Waals surface area (Å²) in [7, 11) is -6.47. The van der Waals surface area contributed by atoms with Crippen LogP contribution in [0.3, 0.4) is 0 Å². The zero-order chi connectivity index (χ0) is 16.0. The van der Waals surface area contributed by atoms with Crippen molar-refractivity contribution in [3.8, 4) is 0 Å². The zero-order valence-electron chi connectivity index (χ0n) is 12.4. The van der Waals surface area contributed by atoms with Gasteiger partial charge in [-0.1, -0.05) is 30.3 Å². The summed E-state index contributed by atoms with van der Waals surface area (Å²) < 4.78 is 50.0. The average Bonchev–Trinajstić information content (AvgIpc) is 2.31. The molecule has 8 heteroatoms. The molecule has 0 radical (unpaired) electrons. The Kier molecular flexibility index (Phi) is 4.05. The minimum Gasteiger partial charge on any atom is -0.213 e. The first-order chi connectivity index (χ1) is 10.3. The maximum atomic E-state index is 12.3. The predicted molar refractivity (Wildman–Crippen MR) is 84.4 cm³/mol. The summed E-state index contributed by atoms with van der Waals surface area (Å²) in [4.78, 5) is 0. The van der Waals surface area contributed by atoms with Crippen LogP contribution >= 0.6 is 0 Å². The third kappa shape index (κ3) is 3.19. The molecule has 22 heavy (non-hydrogen) atoms. The molecule has 0 saturated carbocycles. The summed E-state index contributed by atoms with van der Waals surface area (Å²) in [5.41, 5.74) is 1.17. The maximum Gasteiger partial charge on any atom is 0.214 e. The third-order valence-electron chi connectivity index (χ3n) is 4.35. The number of rotatable bonds is 5. The molecule has 2 aliphatic heterocycles. The Bertz CT molecular complexity index is 734. The highest BCUT2D eigenvalue weighted by molar-refractivity contribution is 7.89. The second kappa shape index (κ2) is 5.59. The van der Waals surface area contributed by atoms with Gasteiger partial charge in [0.2, 0.25) is 20.0 Å². The third-order valence-corrected chi connectivity index (χ3v) is 7.57.